The topological polar surface area (TPSA) is 86.8 Å². The summed E-state index contributed by atoms with van der Waals surface area (Å²) in [6.45, 7) is 3.32. The number of aryl methyl sites for hydroxylation is 1. The third kappa shape index (κ3) is 5.27. The predicted molar refractivity (Wildman–Crippen MR) is 129 cm³/mol. The Kier molecular flexibility index (Phi) is 6.73. The van der Waals surface area contributed by atoms with Crippen LogP contribution in [-0.4, -0.2) is 34.6 Å². The third-order valence-electron chi connectivity index (χ3n) is 5.77. The van der Waals surface area contributed by atoms with Gasteiger partial charge in [-0.1, -0.05) is 29.8 Å². The molecule has 4 amide bonds. The van der Waals surface area contributed by atoms with Crippen molar-refractivity contribution in [2.24, 2.45) is 0 Å². The summed E-state index contributed by atoms with van der Waals surface area (Å²) in [7, 11) is 0. The van der Waals surface area contributed by atoms with Crippen LogP contribution in [0.25, 0.3) is 0 Å². The highest BCUT2D eigenvalue weighted by molar-refractivity contribution is 6.23. The summed E-state index contributed by atoms with van der Waals surface area (Å²) >= 11 is 0. The van der Waals surface area contributed by atoms with E-state index in [-0.39, 0.29) is 18.9 Å². The lowest BCUT2D eigenvalue weighted by Crippen LogP contribution is -2.45. The van der Waals surface area contributed by atoms with Crippen molar-refractivity contribution in [3.63, 3.8) is 0 Å². The van der Waals surface area contributed by atoms with Gasteiger partial charge in [0.1, 0.15) is 11.9 Å². The van der Waals surface area contributed by atoms with Crippen molar-refractivity contribution in [1.29, 1.82) is 0 Å². The second-order valence-corrected chi connectivity index (χ2v) is 8.44. The second-order valence-electron chi connectivity index (χ2n) is 8.44. The fourth-order valence-electron chi connectivity index (χ4n) is 4.00. The number of halogens is 1. The van der Waals surface area contributed by atoms with Crippen molar-refractivity contribution in [3.8, 4) is 0 Å². The van der Waals surface area contributed by atoms with Gasteiger partial charge in [-0.25, -0.2) is 9.29 Å². The standard InChI is InChI=1S/C27H24FN3O4/c1-17-3-7-20(8-4-17)26(34)30(16-19-5-9-21(28)10-6-19)24-15-25(33)31(27(24)35)23-13-11-22(12-14-23)29-18(2)32/h3-14,24H,15-16H2,1-2H3,(H,29,32). The van der Waals surface area contributed by atoms with E-state index in [1.54, 1.807) is 60.7 Å². The molecule has 1 aliphatic rings. The van der Waals surface area contributed by atoms with E-state index in [0.717, 1.165) is 10.5 Å². The molecular weight excluding hydrogens is 449 g/mol. The Morgan fingerprint density at radius 3 is 2.20 bits per heavy atom. The van der Waals surface area contributed by atoms with Crippen LogP contribution in [0.15, 0.2) is 72.8 Å². The summed E-state index contributed by atoms with van der Waals surface area (Å²) in [6.07, 6.45) is -0.176. The number of rotatable bonds is 6. The van der Waals surface area contributed by atoms with Crippen LogP contribution in [0.5, 0.6) is 0 Å². The van der Waals surface area contributed by atoms with Gasteiger partial charge in [-0.2, -0.15) is 0 Å². The molecule has 0 bridgehead atoms. The minimum atomic E-state index is -1.02. The molecule has 35 heavy (non-hydrogen) atoms. The Bertz CT molecular complexity index is 1270. The lowest BCUT2D eigenvalue weighted by atomic mass is 10.1. The zero-order valence-electron chi connectivity index (χ0n) is 19.3. The van der Waals surface area contributed by atoms with Gasteiger partial charge in [0.25, 0.3) is 11.8 Å². The van der Waals surface area contributed by atoms with Gasteiger partial charge in [-0.05, 0) is 61.0 Å². The van der Waals surface area contributed by atoms with Crippen molar-refractivity contribution < 1.29 is 23.6 Å². The van der Waals surface area contributed by atoms with Gasteiger partial charge >= 0.3 is 0 Å². The van der Waals surface area contributed by atoms with E-state index in [0.29, 0.717) is 22.5 Å². The lowest BCUT2D eigenvalue weighted by molar-refractivity contribution is -0.122. The Labute approximate surface area is 202 Å². The Morgan fingerprint density at radius 2 is 1.60 bits per heavy atom. The van der Waals surface area contributed by atoms with Crippen molar-refractivity contribution in [2.75, 3.05) is 10.2 Å². The van der Waals surface area contributed by atoms with Gasteiger partial charge in [0.15, 0.2) is 0 Å². The maximum Gasteiger partial charge on any atom is 0.257 e. The number of amides is 4. The highest BCUT2D eigenvalue weighted by atomic mass is 19.1. The molecular formula is C27H24FN3O4. The van der Waals surface area contributed by atoms with E-state index in [1.807, 2.05) is 6.92 Å². The zero-order valence-corrected chi connectivity index (χ0v) is 19.3. The van der Waals surface area contributed by atoms with E-state index in [1.165, 1.54) is 24.0 Å². The Hall–Kier alpha value is -4.33. The van der Waals surface area contributed by atoms with Crippen LogP contribution < -0.4 is 10.2 Å². The second kappa shape index (κ2) is 9.89. The van der Waals surface area contributed by atoms with Gasteiger partial charge in [-0.15, -0.1) is 0 Å². The molecule has 1 unspecified atom stereocenters. The minimum absolute atomic E-state index is 0.0337. The van der Waals surface area contributed by atoms with Gasteiger partial charge in [0, 0.05) is 24.7 Å². The number of benzene rings is 3. The molecule has 1 atom stereocenters. The van der Waals surface area contributed by atoms with Crippen LogP contribution in [-0.2, 0) is 20.9 Å². The molecule has 1 N–H and O–H groups in total. The first-order valence-electron chi connectivity index (χ1n) is 11.1. The van der Waals surface area contributed by atoms with E-state index in [4.69, 9.17) is 0 Å². The summed E-state index contributed by atoms with van der Waals surface area (Å²) in [5.41, 5.74) is 2.87. The molecule has 3 aromatic carbocycles. The summed E-state index contributed by atoms with van der Waals surface area (Å²) in [4.78, 5) is 53.5. The van der Waals surface area contributed by atoms with Gasteiger partial charge in [-0.3, -0.25) is 19.2 Å². The fourth-order valence-corrected chi connectivity index (χ4v) is 4.00. The first-order valence-corrected chi connectivity index (χ1v) is 11.1. The molecule has 178 valence electrons. The van der Waals surface area contributed by atoms with Crippen LogP contribution in [0.1, 0.15) is 34.8 Å². The largest absolute Gasteiger partial charge is 0.326 e. The van der Waals surface area contributed by atoms with E-state index < -0.39 is 29.6 Å². The van der Waals surface area contributed by atoms with Crippen LogP contribution in [0.3, 0.4) is 0 Å². The number of hydrogen-bond donors (Lipinski definition) is 1. The average molecular weight is 474 g/mol. The molecule has 3 aromatic rings. The zero-order chi connectivity index (χ0) is 25.1. The number of hydrogen-bond acceptors (Lipinski definition) is 4. The number of imide groups is 1. The average Bonchev–Trinajstić information content (AvgIpc) is 3.12. The molecule has 0 radical (unpaired) electrons. The van der Waals surface area contributed by atoms with Crippen molar-refractivity contribution in [3.05, 3.63) is 95.3 Å². The quantitative estimate of drug-likeness (QED) is 0.547. The van der Waals surface area contributed by atoms with E-state index in [2.05, 4.69) is 5.32 Å². The monoisotopic (exact) mass is 473 g/mol. The fraction of sp³-hybridized carbons (Fsp3) is 0.185. The van der Waals surface area contributed by atoms with E-state index >= 15 is 0 Å². The molecule has 0 saturated carbocycles. The van der Waals surface area contributed by atoms with Gasteiger partial charge < -0.3 is 10.2 Å². The highest BCUT2D eigenvalue weighted by Crippen LogP contribution is 2.29. The first-order chi connectivity index (χ1) is 16.7. The number of nitrogens with one attached hydrogen (secondary N) is 1. The summed E-state index contributed by atoms with van der Waals surface area (Å²) in [5, 5.41) is 2.63. The number of nitrogens with zero attached hydrogens (tertiary/aromatic N) is 2. The van der Waals surface area contributed by atoms with Crippen LogP contribution >= 0.6 is 0 Å². The Balaban J connectivity index is 1.64. The highest BCUT2D eigenvalue weighted by Gasteiger charge is 2.44. The van der Waals surface area contributed by atoms with Crippen molar-refractivity contribution in [2.45, 2.75) is 32.9 Å². The molecule has 1 saturated heterocycles. The Morgan fingerprint density at radius 1 is 0.971 bits per heavy atom. The summed E-state index contributed by atoms with van der Waals surface area (Å²) < 4.78 is 13.4. The smallest absolute Gasteiger partial charge is 0.257 e. The first kappa shape index (κ1) is 23.8. The third-order valence-corrected chi connectivity index (χ3v) is 5.77. The maximum absolute atomic E-state index is 13.5. The van der Waals surface area contributed by atoms with Crippen molar-refractivity contribution >= 4 is 35.0 Å². The number of carbonyl (C=O) groups is 4. The lowest BCUT2D eigenvalue weighted by Gasteiger charge is -2.28. The molecule has 4 rings (SSSR count). The number of carbonyl (C=O) groups excluding carboxylic acids is 4. The molecule has 1 fully saturated rings. The van der Waals surface area contributed by atoms with Crippen molar-refractivity contribution in [1.82, 2.24) is 4.90 Å². The van der Waals surface area contributed by atoms with Crippen LogP contribution in [0.2, 0.25) is 0 Å². The molecule has 0 aromatic heterocycles. The molecule has 0 spiro atoms. The SMILES string of the molecule is CC(=O)Nc1ccc(N2C(=O)CC(N(Cc3ccc(F)cc3)C(=O)c3ccc(C)cc3)C2=O)cc1. The van der Waals surface area contributed by atoms with E-state index in [9.17, 15) is 23.6 Å². The van der Waals surface area contributed by atoms with Gasteiger partial charge in [0.2, 0.25) is 11.8 Å². The minimum Gasteiger partial charge on any atom is -0.326 e. The molecule has 7 nitrogen and oxygen atoms in total. The summed E-state index contributed by atoms with van der Waals surface area (Å²) in [6, 6.07) is 17.9. The molecule has 1 aliphatic heterocycles. The molecule has 0 aliphatic carbocycles. The summed E-state index contributed by atoms with van der Waals surface area (Å²) in [5.74, 6) is -2.01. The van der Waals surface area contributed by atoms with Crippen LogP contribution in [0.4, 0.5) is 15.8 Å². The number of anilines is 2. The maximum atomic E-state index is 13.5. The normalized spacial score (nSPS) is 15.3. The molecule has 8 heteroatoms. The predicted octanol–water partition coefficient (Wildman–Crippen LogP) is 4.07. The van der Waals surface area contributed by atoms with Gasteiger partial charge in [0.05, 0.1) is 12.1 Å². The van der Waals surface area contributed by atoms with Crippen LogP contribution in [0, 0.1) is 12.7 Å². The molecule has 1 heterocycles.